The number of aliphatic hydroxyl groups excluding tert-OH is 1. The number of nitrogens with one attached hydrogen (secondary N) is 2. The number of rotatable bonds is 5. The molecule has 0 heterocycles. The number of nitrogens with two attached hydrogens (primary N) is 1. The Morgan fingerprint density at radius 2 is 1.86 bits per heavy atom. The van der Waals surface area contributed by atoms with Crippen LogP contribution in [0.15, 0.2) is 18.2 Å². The standard InChI is InChI=1S/C15H23N3O4/c1-15(2,3)22-14(21)18-7-6-17-13(20)12-8-11(16)5-4-10(12)9-19/h4-5,8,19H,6-7,9,16H2,1-3H3,(H,17,20)(H,18,21). The Balaban J connectivity index is 2.44. The third-order valence-electron chi connectivity index (χ3n) is 2.63. The van der Waals surface area contributed by atoms with Gasteiger partial charge in [-0.15, -0.1) is 0 Å². The van der Waals surface area contributed by atoms with Crippen molar-refractivity contribution in [3.05, 3.63) is 29.3 Å². The van der Waals surface area contributed by atoms with Gasteiger partial charge in [0.2, 0.25) is 0 Å². The number of alkyl carbamates (subject to hydrolysis) is 1. The highest BCUT2D eigenvalue weighted by Crippen LogP contribution is 2.13. The summed E-state index contributed by atoms with van der Waals surface area (Å²) < 4.78 is 5.07. The molecule has 1 aromatic carbocycles. The van der Waals surface area contributed by atoms with Gasteiger partial charge in [0.05, 0.1) is 6.61 Å². The van der Waals surface area contributed by atoms with E-state index in [9.17, 15) is 14.7 Å². The molecule has 2 amide bonds. The molecule has 22 heavy (non-hydrogen) atoms. The molecule has 1 rings (SSSR count). The molecule has 0 bridgehead atoms. The van der Waals surface area contributed by atoms with E-state index >= 15 is 0 Å². The second kappa shape index (κ2) is 7.65. The number of nitrogen functional groups attached to an aromatic ring is 1. The molecule has 0 saturated carbocycles. The highest BCUT2D eigenvalue weighted by molar-refractivity contribution is 5.96. The Bertz CT molecular complexity index is 538. The molecule has 0 spiro atoms. The summed E-state index contributed by atoms with van der Waals surface area (Å²) in [6, 6.07) is 4.72. The Kier molecular flexibility index (Phi) is 6.18. The number of aliphatic hydroxyl groups is 1. The van der Waals surface area contributed by atoms with Crippen molar-refractivity contribution in [3.8, 4) is 0 Å². The van der Waals surface area contributed by atoms with E-state index < -0.39 is 11.7 Å². The highest BCUT2D eigenvalue weighted by Gasteiger charge is 2.16. The molecule has 7 heteroatoms. The SMILES string of the molecule is CC(C)(C)OC(=O)NCCNC(=O)c1cc(N)ccc1CO. The van der Waals surface area contributed by atoms with Crippen molar-refractivity contribution in [3.63, 3.8) is 0 Å². The van der Waals surface area contributed by atoms with Gasteiger partial charge in [-0.25, -0.2) is 4.79 Å². The molecule has 122 valence electrons. The molecule has 0 fully saturated rings. The van der Waals surface area contributed by atoms with Crippen LogP contribution in [0.5, 0.6) is 0 Å². The molecule has 0 aromatic heterocycles. The largest absolute Gasteiger partial charge is 0.444 e. The predicted octanol–water partition coefficient (Wildman–Crippen LogP) is 1.02. The fourth-order valence-corrected chi connectivity index (χ4v) is 1.69. The van der Waals surface area contributed by atoms with Gasteiger partial charge in [-0.2, -0.15) is 0 Å². The zero-order valence-corrected chi connectivity index (χ0v) is 13.1. The number of ether oxygens (including phenoxy) is 1. The number of carbonyl (C=O) groups is 2. The molecule has 0 unspecified atom stereocenters. The molecule has 7 nitrogen and oxygen atoms in total. The van der Waals surface area contributed by atoms with Gasteiger partial charge in [0.15, 0.2) is 0 Å². The smallest absolute Gasteiger partial charge is 0.407 e. The van der Waals surface area contributed by atoms with Crippen LogP contribution >= 0.6 is 0 Å². The van der Waals surface area contributed by atoms with Gasteiger partial charge in [-0.1, -0.05) is 6.07 Å². The van der Waals surface area contributed by atoms with Gasteiger partial charge in [0.25, 0.3) is 5.91 Å². The molecule has 5 N–H and O–H groups in total. The van der Waals surface area contributed by atoms with Gasteiger partial charge >= 0.3 is 6.09 Å². The summed E-state index contributed by atoms with van der Waals surface area (Å²) in [6.45, 7) is 5.52. The first-order valence-corrected chi connectivity index (χ1v) is 6.97. The minimum absolute atomic E-state index is 0.234. The van der Waals surface area contributed by atoms with Crippen LogP contribution in [0.4, 0.5) is 10.5 Å². The third kappa shape index (κ3) is 6.01. The van der Waals surface area contributed by atoms with E-state index in [1.165, 1.54) is 6.07 Å². The van der Waals surface area contributed by atoms with Crippen molar-refractivity contribution in [2.24, 2.45) is 0 Å². The normalized spacial score (nSPS) is 10.9. The molecular weight excluding hydrogens is 286 g/mol. The topological polar surface area (TPSA) is 114 Å². The van der Waals surface area contributed by atoms with Crippen molar-refractivity contribution in [2.45, 2.75) is 33.0 Å². The average molecular weight is 309 g/mol. The Labute approximate surface area is 129 Å². The van der Waals surface area contributed by atoms with Crippen molar-refractivity contribution >= 4 is 17.7 Å². The minimum Gasteiger partial charge on any atom is -0.444 e. The van der Waals surface area contributed by atoms with Crippen LogP contribution in [0, 0.1) is 0 Å². The quantitative estimate of drug-likeness (QED) is 0.479. The summed E-state index contributed by atoms with van der Waals surface area (Å²) in [5, 5.41) is 14.4. The number of amides is 2. The van der Waals surface area contributed by atoms with E-state index in [0.717, 1.165) is 0 Å². The minimum atomic E-state index is -0.565. The first kappa shape index (κ1) is 17.8. The van der Waals surface area contributed by atoms with E-state index in [2.05, 4.69) is 10.6 Å². The Morgan fingerprint density at radius 1 is 1.23 bits per heavy atom. The summed E-state index contributed by atoms with van der Waals surface area (Å²) in [6.07, 6.45) is -0.540. The Hall–Kier alpha value is -2.28. The number of carbonyl (C=O) groups excluding carboxylic acids is 2. The molecule has 0 saturated heterocycles. The molecule has 0 aliphatic heterocycles. The highest BCUT2D eigenvalue weighted by atomic mass is 16.6. The Morgan fingerprint density at radius 3 is 2.45 bits per heavy atom. The fourth-order valence-electron chi connectivity index (χ4n) is 1.69. The van der Waals surface area contributed by atoms with Gasteiger partial charge in [0.1, 0.15) is 5.60 Å². The van der Waals surface area contributed by atoms with Gasteiger partial charge in [-0.3, -0.25) is 4.79 Å². The molecule has 1 aromatic rings. The van der Waals surface area contributed by atoms with Crippen LogP contribution in [0.3, 0.4) is 0 Å². The molecule has 0 aliphatic rings. The summed E-state index contributed by atoms with van der Waals surface area (Å²) in [4.78, 5) is 23.5. The lowest BCUT2D eigenvalue weighted by molar-refractivity contribution is 0.0526. The van der Waals surface area contributed by atoms with Crippen LogP contribution in [0.2, 0.25) is 0 Å². The van der Waals surface area contributed by atoms with Crippen LogP contribution in [0.1, 0.15) is 36.7 Å². The first-order chi connectivity index (χ1) is 10.2. The van der Waals surface area contributed by atoms with Crippen molar-refractivity contribution < 1.29 is 19.4 Å². The number of anilines is 1. The van der Waals surface area contributed by atoms with E-state index in [-0.39, 0.29) is 25.6 Å². The molecule has 0 radical (unpaired) electrons. The van der Waals surface area contributed by atoms with Gasteiger partial charge in [0, 0.05) is 24.3 Å². The van der Waals surface area contributed by atoms with Crippen LogP contribution in [-0.2, 0) is 11.3 Å². The number of benzene rings is 1. The van der Waals surface area contributed by atoms with Crippen LogP contribution < -0.4 is 16.4 Å². The maximum absolute atomic E-state index is 12.0. The number of hydrogen-bond donors (Lipinski definition) is 4. The molecule has 0 atom stereocenters. The van der Waals surface area contributed by atoms with Crippen LogP contribution in [0.25, 0.3) is 0 Å². The van der Waals surface area contributed by atoms with E-state index in [4.69, 9.17) is 10.5 Å². The predicted molar refractivity (Wildman–Crippen MR) is 83.3 cm³/mol. The fraction of sp³-hybridized carbons (Fsp3) is 0.467. The van der Waals surface area contributed by atoms with Gasteiger partial charge < -0.3 is 26.2 Å². The second-order valence-electron chi connectivity index (χ2n) is 5.76. The maximum atomic E-state index is 12.0. The van der Waals surface area contributed by atoms with E-state index in [1.54, 1.807) is 32.9 Å². The molecular formula is C15H23N3O4. The lowest BCUT2D eigenvalue weighted by atomic mass is 10.1. The lowest BCUT2D eigenvalue weighted by Gasteiger charge is -2.19. The van der Waals surface area contributed by atoms with Crippen molar-refractivity contribution in [1.82, 2.24) is 10.6 Å². The first-order valence-electron chi connectivity index (χ1n) is 6.97. The summed E-state index contributed by atoms with van der Waals surface area (Å²) in [5.74, 6) is -0.359. The summed E-state index contributed by atoms with van der Waals surface area (Å²) >= 11 is 0. The number of hydrogen-bond acceptors (Lipinski definition) is 5. The van der Waals surface area contributed by atoms with Crippen LogP contribution in [-0.4, -0.2) is 35.8 Å². The monoisotopic (exact) mass is 309 g/mol. The summed E-state index contributed by atoms with van der Waals surface area (Å²) in [7, 11) is 0. The van der Waals surface area contributed by atoms with E-state index in [1.807, 2.05) is 0 Å². The average Bonchev–Trinajstić information content (AvgIpc) is 2.41. The summed E-state index contributed by atoms with van der Waals surface area (Å²) in [5.41, 5.74) is 6.32. The van der Waals surface area contributed by atoms with E-state index in [0.29, 0.717) is 16.8 Å². The zero-order valence-electron chi connectivity index (χ0n) is 13.1. The lowest BCUT2D eigenvalue weighted by Crippen LogP contribution is -2.38. The zero-order chi connectivity index (χ0) is 16.8. The van der Waals surface area contributed by atoms with Crippen molar-refractivity contribution in [2.75, 3.05) is 18.8 Å². The van der Waals surface area contributed by atoms with Crippen molar-refractivity contribution in [1.29, 1.82) is 0 Å². The maximum Gasteiger partial charge on any atom is 0.407 e. The molecule has 0 aliphatic carbocycles. The van der Waals surface area contributed by atoms with Gasteiger partial charge in [-0.05, 0) is 38.5 Å². The third-order valence-corrected chi connectivity index (χ3v) is 2.63. The second-order valence-corrected chi connectivity index (χ2v) is 5.76.